The van der Waals surface area contributed by atoms with Crippen molar-refractivity contribution in [2.24, 2.45) is 0 Å². The lowest BCUT2D eigenvalue weighted by Gasteiger charge is -2.33. The average molecular weight is 292 g/mol. The molecule has 0 bridgehead atoms. The van der Waals surface area contributed by atoms with Crippen LogP contribution in [0.5, 0.6) is 0 Å². The van der Waals surface area contributed by atoms with Gasteiger partial charge >= 0.3 is 0 Å². The topological polar surface area (TPSA) is 78.2 Å². The van der Waals surface area contributed by atoms with Gasteiger partial charge in [-0.25, -0.2) is 8.42 Å². The van der Waals surface area contributed by atoms with Gasteiger partial charge in [-0.1, -0.05) is 0 Å². The van der Waals surface area contributed by atoms with Crippen LogP contribution in [-0.2, 0) is 9.84 Å². The van der Waals surface area contributed by atoms with Gasteiger partial charge in [-0.2, -0.15) is 5.26 Å². The van der Waals surface area contributed by atoms with E-state index in [0.717, 1.165) is 0 Å². The zero-order valence-electron chi connectivity index (χ0n) is 11.5. The number of nitrogens with zero attached hydrogens (tertiary/aromatic N) is 2. The van der Waals surface area contributed by atoms with E-state index in [-0.39, 0.29) is 11.5 Å². The SMILES string of the molecule is CC(=O)c1ccc(C#N)c(N2CCS(=O)(=O)C(C)C2)c1. The van der Waals surface area contributed by atoms with E-state index in [2.05, 4.69) is 6.07 Å². The van der Waals surface area contributed by atoms with Crippen LogP contribution in [-0.4, -0.2) is 38.3 Å². The minimum Gasteiger partial charge on any atom is -0.368 e. The summed E-state index contributed by atoms with van der Waals surface area (Å²) in [5.74, 6) is -0.00279. The van der Waals surface area contributed by atoms with E-state index in [9.17, 15) is 13.2 Å². The molecule has 1 atom stereocenters. The summed E-state index contributed by atoms with van der Waals surface area (Å²) in [4.78, 5) is 13.3. The van der Waals surface area contributed by atoms with E-state index in [1.54, 1.807) is 25.1 Å². The van der Waals surface area contributed by atoms with Crippen molar-refractivity contribution in [2.75, 3.05) is 23.7 Å². The number of anilines is 1. The molecule has 0 aliphatic carbocycles. The fourth-order valence-corrected chi connectivity index (χ4v) is 3.56. The molecule has 6 heteroatoms. The first kappa shape index (κ1) is 14.5. The Morgan fingerprint density at radius 3 is 2.70 bits per heavy atom. The van der Waals surface area contributed by atoms with Crippen molar-refractivity contribution in [3.63, 3.8) is 0 Å². The second-order valence-electron chi connectivity index (χ2n) is 5.02. The predicted molar refractivity (Wildman–Crippen MR) is 76.6 cm³/mol. The number of benzene rings is 1. The Morgan fingerprint density at radius 1 is 1.45 bits per heavy atom. The Labute approximate surface area is 118 Å². The van der Waals surface area contributed by atoms with E-state index < -0.39 is 15.1 Å². The largest absolute Gasteiger partial charge is 0.368 e. The molecule has 1 unspecified atom stereocenters. The zero-order valence-corrected chi connectivity index (χ0v) is 12.3. The number of Topliss-reactive ketones (excluding diaryl/α,β-unsaturated/α-hetero) is 1. The summed E-state index contributed by atoms with van der Waals surface area (Å²) < 4.78 is 23.5. The standard InChI is InChI=1S/C14H16N2O3S/c1-10-9-16(5-6-20(10,18)19)14-7-12(11(2)17)3-4-13(14)8-15/h3-4,7,10H,5-6,9H2,1-2H3. The molecule has 0 saturated carbocycles. The lowest BCUT2D eigenvalue weighted by Crippen LogP contribution is -2.45. The Bertz CT molecular complexity index is 689. The molecule has 0 amide bonds. The van der Waals surface area contributed by atoms with Crippen LogP contribution in [0, 0.1) is 11.3 Å². The summed E-state index contributed by atoms with van der Waals surface area (Å²) in [6.45, 7) is 3.83. The van der Waals surface area contributed by atoms with Gasteiger partial charge in [0.2, 0.25) is 0 Å². The smallest absolute Gasteiger partial charge is 0.159 e. The molecular weight excluding hydrogens is 276 g/mol. The van der Waals surface area contributed by atoms with Gasteiger partial charge in [0.05, 0.1) is 22.3 Å². The van der Waals surface area contributed by atoms with E-state index in [1.807, 2.05) is 4.90 Å². The van der Waals surface area contributed by atoms with Gasteiger partial charge in [0.15, 0.2) is 15.6 Å². The van der Waals surface area contributed by atoms with Crippen LogP contribution < -0.4 is 4.90 Å². The van der Waals surface area contributed by atoms with E-state index in [0.29, 0.717) is 29.9 Å². The molecule has 0 N–H and O–H groups in total. The molecule has 1 aliphatic heterocycles. The molecule has 1 heterocycles. The normalized spacial score (nSPS) is 21.2. The van der Waals surface area contributed by atoms with Crippen molar-refractivity contribution in [1.82, 2.24) is 0 Å². The van der Waals surface area contributed by atoms with Crippen molar-refractivity contribution >= 4 is 21.3 Å². The first-order valence-corrected chi connectivity index (χ1v) is 8.08. The van der Waals surface area contributed by atoms with Gasteiger partial charge in [0.1, 0.15) is 6.07 Å². The van der Waals surface area contributed by atoms with Gasteiger partial charge in [0, 0.05) is 18.7 Å². The number of hydrogen-bond donors (Lipinski definition) is 0. The monoisotopic (exact) mass is 292 g/mol. The highest BCUT2D eigenvalue weighted by atomic mass is 32.2. The minimum absolute atomic E-state index is 0.0728. The van der Waals surface area contributed by atoms with Crippen LogP contribution in [0.2, 0.25) is 0 Å². The number of hydrogen-bond acceptors (Lipinski definition) is 5. The minimum atomic E-state index is -3.04. The maximum Gasteiger partial charge on any atom is 0.159 e. The maximum atomic E-state index is 11.7. The molecule has 1 aromatic carbocycles. The fraction of sp³-hybridized carbons (Fsp3) is 0.429. The van der Waals surface area contributed by atoms with Crippen LogP contribution in [0.15, 0.2) is 18.2 Å². The Morgan fingerprint density at radius 2 is 2.15 bits per heavy atom. The molecule has 1 saturated heterocycles. The first-order valence-electron chi connectivity index (χ1n) is 6.37. The van der Waals surface area contributed by atoms with Gasteiger partial charge < -0.3 is 4.90 Å². The molecule has 1 aromatic rings. The number of carbonyl (C=O) groups is 1. The zero-order chi connectivity index (χ0) is 14.9. The lowest BCUT2D eigenvalue weighted by molar-refractivity contribution is 0.101. The van der Waals surface area contributed by atoms with Gasteiger partial charge in [-0.3, -0.25) is 4.79 Å². The number of ketones is 1. The molecule has 1 aliphatic rings. The van der Waals surface area contributed by atoms with Crippen LogP contribution in [0.3, 0.4) is 0 Å². The first-order chi connectivity index (χ1) is 9.35. The van der Waals surface area contributed by atoms with Crippen molar-refractivity contribution < 1.29 is 13.2 Å². The van der Waals surface area contributed by atoms with Crippen molar-refractivity contribution in [3.8, 4) is 6.07 Å². The quantitative estimate of drug-likeness (QED) is 0.770. The average Bonchev–Trinajstić information content (AvgIpc) is 2.41. The lowest BCUT2D eigenvalue weighted by atomic mass is 10.1. The number of nitriles is 1. The fourth-order valence-electron chi connectivity index (χ4n) is 2.28. The second kappa shape index (κ2) is 5.25. The summed E-state index contributed by atoms with van der Waals surface area (Å²) in [6, 6.07) is 6.99. The third-order valence-corrected chi connectivity index (χ3v) is 5.73. The van der Waals surface area contributed by atoms with Gasteiger partial charge in [0.25, 0.3) is 0 Å². The maximum absolute atomic E-state index is 11.7. The number of rotatable bonds is 2. The Kier molecular flexibility index (Phi) is 3.82. The summed E-state index contributed by atoms with van der Waals surface area (Å²) in [5, 5.41) is 8.70. The molecule has 1 fully saturated rings. The molecule has 2 rings (SSSR count). The highest BCUT2D eigenvalue weighted by Gasteiger charge is 2.30. The van der Waals surface area contributed by atoms with E-state index >= 15 is 0 Å². The third-order valence-electron chi connectivity index (χ3n) is 3.60. The molecule has 0 aromatic heterocycles. The van der Waals surface area contributed by atoms with E-state index in [4.69, 9.17) is 5.26 Å². The van der Waals surface area contributed by atoms with Crippen LogP contribution >= 0.6 is 0 Å². The van der Waals surface area contributed by atoms with E-state index in [1.165, 1.54) is 6.92 Å². The summed E-state index contributed by atoms with van der Waals surface area (Å²) in [6.07, 6.45) is 0. The van der Waals surface area contributed by atoms with Crippen LogP contribution in [0.1, 0.15) is 29.8 Å². The highest BCUT2D eigenvalue weighted by molar-refractivity contribution is 7.92. The third kappa shape index (κ3) is 2.68. The molecule has 0 spiro atoms. The Balaban J connectivity index is 2.40. The summed E-state index contributed by atoms with van der Waals surface area (Å²) in [7, 11) is -3.04. The molecular formula is C14H16N2O3S. The highest BCUT2D eigenvalue weighted by Crippen LogP contribution is 2.25. The van der Waals surface area contributed by atoms with Gasteiger partial charge in [-0.15, -0.1) is 0 Å². The predicted octanol–water partition coefficient (Wildman–Crippen LogP) is 1.38. The van der Waals surface area contributed by atoms with Crippen LogP contribution in [0.4, 0.5) is 5.69 Å². The second-order valence-corrected chi connectivity index (χ2v) is 7.56. The van der Waals surface area contributed by atoms with Crippen LogP contribution in [0.25, 0.3) is 0 Å². The van der Waals surface area contributed by atoms with Gasteiger partial charge in [-0.05, 0) is 32.0 Å². The van der Waals surface area contributed by atoms with Crippen molar-refractivity contribution in [1.29, 1.82) is 5.26 Å². The number of sulfone groups is 1. The number of carbonyl (C=O) groups excluding carboxylic acids is 1. The molecule has 0 radical (unpaired) electrons. The molecule has 5 nitrogen and oxygen atoms in total. The van der Waals surface area contributed by atoms with Crippen molar-refractivity contribution in [2.45, 2.75) is 19.1 Å². The summed E-state index contributed by atoms with van der Waals surface area (Å²) >= 11 is 0. The summed E-state index contributed by atoms with van der Waals surface area (Å²) in [5.41, 5.74) is 1.63. The molecule has 106 valence electrons. The Hall–Kier alpha value is -1.87. The molecule has 20 heavy (non-hydrogen) atoms. The van der Waals surface area contributed by atoms with Crippen molar-refractivity contribution in [3.05, 3.63) is 29.3 Å².